The zero-order chi connectivity index (χ0) is 12.7. The molecule has 1 saturated heterocycles. The molecule has 1 fully saturated rings. The fourth-order valence-corrected chi connectivity index (χ4v) is 3.02. The van der Waals surface area contributed by atoms with Crippen LogP contribution in [-0.4, -0.2) is 34.9 Å². The molecule has 0 amide bonds. The van der Waals surface area contributed by atoms with Crippen LogP contribution in [0.25, 0.3) is 0 Å². The van der Waals surface area contributed by atoms with Crippen molar-refractivity contribution in [1.29, 1.82) is 0 Å². The molecule has 0 radical (unpaired) electrons. The van der Waals surface area contributed by atoms with Crippen LogP contribution in [0.4, 0.5) is 13.2 Å². The molecule has 2 nitrogen and oxygen atoms in total. The maximum Gasteiger partial charge on any atom is 0.418 e. The first-order chi connectivity index (χ1) is 7.82. The van der Waals surface area contributed by atoms with Crippen LogP contribution in [0.5, 0.6) is 0 Å². The fourth-order valence-electron chi connectivity index (χ4n) is 1.88. The first kappa shape index (κ1) is 13.1. The summed E-state index contributed by atoms with van der Waals surface area (Å²) in [5.41, 5.74) is -2.57. The van der Waals surface area contributed by atoms with E-state index in [2.05, 4.69) is 0 Å². The largest absolute Gasteiger partial charge is 0.418 e. The zero-order valence-corrected chi connectivity index (χ0v) is 10.4. The van der Waals surface area contributed by atoms with Crippen molar-refractivity contribution >= 4 is 22.9 Å². The summed E-state index contributed by atoms with van der Waals surface area (Å²) in [5, 5.41) is 11.9. The van der Waals surface area contributed by atoms with Gasteiger partial charge in [-0.05, 0) is 17.9 Å². The van der Waals surface area contributed by atoms with Crippen molar-refractivity contribution in [2.45, 2.75) is 24.7 Å². The molecule has 0 saturated carbocycles. The molecule has 1 aromatic heterocycles. The Morgan fingerprint density at radius 3 is 2.71 bits per heavy atom. The summed E-state index contributed by atoms with van der Waals surface area (Å²) in [6, 6.07) is 1.72. The van der Waals surface area contributed by atoms with Crippen LogP contribution >= 0.6 is 22.9 Å². The van der Waals surface area contributed by atoms with Gasteiger partial charge in [-0.15, -0.1) is 11.3 Å². The van der Waals surface area contributed by atoms with Crippen LogP contribution in [0.1, 0.15) is 11.3 Å². The molecule has 0 spiro atoms. The van der Waals surface area contributed by atoms with E-state index < -0.39 is 11.8 Å². The van der Waals surface area contributed by atoms with Gasteiger partial charge < -0.3 is 5.11 Å². The minimum Gasteiger partial charge on any atom is -0.379 e. The van der Waals surface area contributed by atoms with Crippen molar-refractivity contribution in [3.05, 3.63) is 21.3 Å². The Hall–Kier alpha value is -0.300. The lowest BCUT2D eigenvalue weighted by atomic mass is 10.0. The highest BCUT2D eigenvalue weighted by molar-refractivity contribution is 7.10. The number of hydrogen-bond acceptors (Lipinski definition) is 3. The first-order valence-electron chi connectivity index (χ1n) is 5.05. The van der Waals surface area contributed by atoms with Crippen LogP contribution in [0.2, 0.25) is 5.02 Å². The van der Waals surface area contributed by atoms with Gasteiger partial charge in [0.05, 0.1) is 5.02 Å². The molecule has 1 N–H and O–H groups in total. The molecule has 2 heterocycles. The van der Waals surface area contributed by atoms with E-state index in [1.54, 1.807) is 16.3 Å². The Balaban J connectivity index is 2.02. The summed E-state index contributed by atoms with van der Waals surface area (Å²) in [6.07, 6.45) is -4.85. The number of nitrogens with zero attached hydrogens (tertiary/aromatic N) is 1. The summed E-state index contributed by atoms with van der Waals surface area (Å²) in [4.78, 5) is 2.41. The Kier molecular flexibility index (Phi) is 3.42. The normalized spacial score (nSPS) is 26.6. The van der Waals surface area contributed by atoms with Crippen LogP contribution in [0.3, 0.4) is 0 Å². The van der Waals surface area contributed by atoms with Gasteiger partial charge in [-0.25, -0.2) is 0 Å². The molecular weight excluding hydrogens is 275 g/mol. The van der Waals surface area contributed by atoms with E-state index in [-0.39, 0.29) is 19.5 Å². The maximum atomic E-state index is 12.6. The minimum atomic E-state index is -4.57. The van der Waals surface area contributed by atoms with E-state index in [0.29, 0.717) is 11.6 Å². The predicted octanol–water partition coefficient (Wildman–Crippen LogP) is 2.90. The average molecular weight is 286 g/mol. The number of aliphatic hydroxyl groups is 1. The van der Waals surface area contributed by atoms with Gasteiger partial charge in [0.1, 0.15) is 0 Å². The molecule has 0 aliphatic carbocycles. The Bertz CT molecular complexity index is 409. The third kappa shape index (κ3) is 2.59. The van der Waals surface area contributed by atoms with E-state index in [9.17, 15) is 18.3 Å². The summed E-state index contributed by atoms with van der Waals surface area (Å²) in [7, 11) is 0. The van der Waals surface area contributed by atoms with Crippen LogP contribution < -0.4 is 0 Å². The first-order valence-corrected chi connectivity index (χ1v) is 6.31. The van der Waals surface area contributed by atoms with Gasteiger partial charge in [0.2, 0.25) is 0 Å². The number of likely N-dealkylation sites (tertiary alicyclic amines) is 1. The van der Waals surface area contributed by atoms with E-state index >= 15 is 0 Å². The van der Waals surface area contributed by atoms with Gasteiger partial charge in [-0.2, -0.15) is 13.2 Å². The Labute approximate surface area is 106 Å². The van der Waals surface area contributed by atoms with Crippen molar-refractivity contribution in [3.63, 3.8) is 0 Å². The van der Waals surface area contributed by atoms with E-state index in [4.69, 9.17) is 11.6 Å². The number of hydrogen-bond donors (Lipinski definition) is 1. The molecule has 1 atom stereocenters. The summed E-state index contributed by atoms with van der Waals surface area (Å²) in [6.45, 7) is 0.198. The van der Waals surface area contributed by atoms with Gasteiger partial charge in [0.25, 0.3) is 0 Å². The van der Waals surface area contributed by atoms with E-state index in [1.165, 1.54) is 11.3 Å². The Morgan fingerprint density at radius 1 is 1.53 bits per heavy atom. The Morgan fingerprint density at radius 2 is 2.24 bits per heavy atom. The van der Waals surface area contributed by atoms with Crippen molar-refractivity contribution in [2.24, 2.45) is 0 Å². The molecule has 17 heavy (non-hydrogen) atoms. The van der Waals surface area contributed by atoms with Gasteiger partial charge >= 0.3 is 6.18 Å². The average Bonchev–Trinajstić information content (AvgIpc) is 2.75. The van der Waals surface area contributed by atoms with Gasteiger partial charge in [0.15, 0.2) is 5.60 Å². The SMILES string of the molecule is OC1(C(F)(F)F)CCN(Cc2sccc2Cl)C1. The molecule has 0 bridgehead atoms. The lowest BCUT2D eigenvalue weighted by Crippen LogP contribution is -2.47. The van der Waals surface area contributed by atoms with Crippen LogP contribution in [0.15, 0.2) is 11.4 Å². The molecule has 1 aliphatic rings. The van der Waals surface area contributed by atoms with Gasteiger partial charge in [-0.3, -0.25) is 4.90 Å². The monoisotopic (exact) mass is 285 g/mol. The smallest absolute Gasteiger partial charge is 0.379 e. The molecule has 1 unspecified atom stereocenters. The standard InChI is InChI=1S/C10H11ClF3NOS/c11-7-1-4-17-8(7)5-15-3-2-9(16,6-15)10(12,13)14/h1,4,16H,2-3,5-6H2. The summed E-state index contributed by atoms with van der Waals surface area (Å²) >= 11 is 7.29. The second kappa shape index (κ2) is 4.42. The zero-order valence-electron chi connectivity index (χ0n) is 8.80. The summed E-state index contributed by atoms with van der Waals surface area (Å²) in [5.74, 6) is 0. The van der Waals surface area contributed by atoms with Crippen LogP contribution in [0, 0.1) is 0 Å². The number of thiophene rings is 1. The minimum absolute atomic E-state index is 0.226. The quantitative estimate of drug-likeness (QED) is 0.903. The lowest BCUT2D eigenvalue weighted by Gasteiger charge is -2.25. The van der Waals surface area contributed by atoms with Crippen molar-refractivity contribution in [2.75, 3.05) is 13.1 Å². The molecular formula is C10H11ClF3NOS. The van der Waals surface area contributed by atoms with Crippen LogP contribution in [-0.2, 0) is 6.54 Å². The third-order valence-electron chi connectivity index (χ3n) is 2.91. The van der Waals surface area contributed by atoms with Crippen molar-refractivity contribution < 1.29 is 18.3 Å². The second-order valence-corrected chi connectivity index (χ2v) is 5.59. The molecule has 1 aliphatic heterocycles. The molecule has 2 rings (SSSR count). The highest BCUT2D eigenvalue weighted by Gasteiger charge is 2.56. The second-order valence-electron chi connectivity index (χ2n) is 4.18. The number of halogens is 4. The van der Waals surface area contributed by atoms with E-state index in [0.717, 1.165) is 4.88 Å². The van der Waals surface area contributed by atoms with E-state index in [1.807, 2.05) is 0 Å². The molecule has 0 aromatic carbocycles. The fraction of sp³-hybridized carbons (Fsp3) is 0.600. The van der Waals surface area contributed by atoms with Crippen molar-refractivity contribution in [1.82, 2.24) is 4.90 Å². The molecule has 7 heteroatoms. The maximum absolute atomic E-state index is 12.6. The lowest BCUT2D eigenvalue weighted by molar-refractivity contribution is -0.254. The van der Waals surface area contributed by atoms with Gasteiger partial charge in [0, 0.05) is 24.5 Å². The molecule has 96 valence electrons. The van der Waals surface area contributed by atoms with Crippen molar-refractivity contribution in [3.8, 4) is 0 Å². The molecule has 1 aromatic rings. The number of β-amino-alcohol motifs (C(OH)–C–C–N with tert-alkyl or cyclic N) is 1. The van der Waals surface area contributed by atoms with Gasteiger partial charge in [-0.1, -0.05) is 11.6 Å². The predicted molar refractivity (Wildman–Crippen MR) is 60.2 cm³/mol. The topological polar surface area (TPSA) is 23.5 Å². The third-order valence-corrected chi connectivity index (χ3v) is 4.28. The number of rotatable bonds is 2. The highest BCUT2D eigenvalue weighted by Crippen LogP contribution is 2.38. The highest BCUT2D eigenvalue weighted by atomic mass is 35.5. The number of alkyl halides is 3. The summed E-state index contributed by atoms with van der Waals surface area (Å²) < 4.78 is 37.7.